The molecule has 0 aliphatic heterocycles. The van der Waals surface area contributed by atoms with Crippen LogP contribution < -0.4 is 4.90 Å². The van der Waals surface area contributed by atoms with Gasteiger partial charge in [0.15, 0.2) is 5.13 Å². The Labute approximate surface area is 89.4 Å². The molecular formula is C10H18N2OS. The maximum atomic E-state index is 8.94. The molecule has 0 saturated carbocycles. The summed E-state index contributed by atoms with van der Waals surface area (Å²) in [5, 5.41) is 9.98. The molecule has 4 heteroatoms. The molecule has 14 heavy (non-hydrogen) atoms. The van der Waals surface area contributed by atoms with Gasteiger partial charge in [0.05, 0.1) is 11.5 Å². The minimum absolute atomic E-state index is 0.101. The number of anilines is 1. The van der Waals surface area contributed by atoms with E-state index < -0.39 is 0 Å². The number of aliphatic hydroxyl groups is 1. The summed E-state index contributed by atoms with van der Waals surface area (Å²) < 4.78 is 0. The lowest BCUT2D eigenvalue weighted by atomic mass is 10.4. The third kappa shape index (κ3) is 2.96. The van der Waals surface area contributed by atoms with Crippen LogP contribution >= 0.6 is 11.3 Å². The van der Waals surface area contributed by atoms with Crippen molar-refractivity contribution in [2.24, 2.45) is 0 Å². The van der Waals surface area contributed by atoms with E-state index in [4.69, 9.17) is 5.11 Å². The van der Waals surface area contributed by atoms with Gasteiger partial charge in [-0.1, -0.05) is 25.2 Å². The maximum Gasteiger partial charge on any atom is 0.185 e. The van der Waals surface area contributed by atoms with Gasteiger partial charge in [-0.2, -0.15) is 0 Å². The van der Waals surface area contributed by atoms with Crippen LogP contribution in [0.5, 0.6) is 0 Å². The first-order valence-electron chi connectivity index (χ1n) is 5.12. The van der Waals surface area contributed by atoms with E-state index in [0.717, 1.165) is 35.9 Å². The van der Waals surface area contributed by atoms with Crippen molar-refractivity contribution in [3.8, 4) is 0 Å². The van der Waals surface area contributed by atoms with Crippen molar-refractivity contribution < 1.29 is 5.11 Å². The van der Waals surface area contributed by atoms with E-state index in [1.807, 2.05) is 0 Å². The number of hydrogen-bond donors (Lipinski definition) is 1. The van der Waals surface area contributed by atoms with Gasteiger partial charge < -0.3 is 10.0 Å². The summed E-state index contributed by atoms with van der Waals surface area (Å²) in [6.07, 6.45) is 4.03. The molecule has 0 bridgehead atoms. The Bertz CT molecular complexity index is 256. The zero-order chi connectivity index (χ0) is 10.4. The Morgan fingerprint density at radius 3 is 2.43 bits per heavy atom. The van der Waals surface area contributed by atoms with Crippen molar-refractivity contribution >= 4 is 16.5 Å². The molecule has 1 rings (SSSR count). The van der Waals surface area contributed by atoms with Gasteiger partial charge in [0.1, 0.15) is 0 Å². The van der Waals surface area contributed by atoms with Crippen LogP contribution in [-0.2, 0) is 6.61 Å². The Morgan fingerprint density at radius 1 is 1.36 bits per heavy atom. The molecule has 0 amide bonds. The molecule has 0 radical (unpaired) electrons. The Morgan fingerprint density at radius 2 is 2.00 bits per heavy atom. The van der Waals surface area contributed by atoms with Gasteiger partial charge >= 0.3 is 0 Å². The van der Waals surface area contributed by atoms with Crippen LogP contribution in [-0.4, -0.2) is 23.2 Å². The first kappa shape index (κ1) is 11.5. The zero-order valence-corrected chi connectivity index (χ0v) is 9.68. The molecule has 1 aromatic rings. The molecule has 1 heterocycles. The summed E-state index contributed by atoms with van der Waals surface area (Å²) in [5.41, 5.74) is 0. The second kappa shape index (κ2) is 5.98. The van der Waals surface area contributed by atoms with Crippen LogP contribution in [0, 0.1) is 0 Å². The van der Waals surface area contributed by atoms with Crippen LogP contribution in [0.2, 0.25) is 0 Å². The average molecular weight is 214 g/mol. The smallest absolute Gasteiger partial charge is 0.185 e. The number of nitrogens with zero attached hydrogens (tertiary/aromatic N) is 2. The third-order valence-electron chi connectivity index (χ3n) is 1.95. The second-order valence-electron chi connectivity index (χ2n) is 3.25. The molecule has 0 atom stereocenters. The molecule has 80 valence electrons. The lowest BCUT2D eigenvalue weighted by Gasteiger charge is -2.19. The first-order valence-corrected chi connectivity index (χ1v) is 5.94. The fourth-order valence-corrected chi connectivity index (χ4v) is 2.18. The van der Waals surface area contributed by atoms with Crippen molar-refractivity contribution in [1.82, 2.24) is 4.98 Å². The van der Waals surface area contributed by atoms with Gasteiger partial charge in [-0.3, -0.25) is 0 Å². The zero-order valence-electron chi connectivity index (χ0n) is 8.86. The average Bonchev–Trinajstić information content (AvgIpc) is 2.65. The Hall–Kier alpha value is -0.610. The van der Waals surface area contributed by atoms with E-state index in [1.165, 1.54) is 0 Å². The minimum atomic E-state index is 0.101. The molecule has 1 N–H and O–H groups in total. The molecule has 1 aromatic heterocycles. The second-order valence-corrected chi connectivity index (χ2v) is 4.35. The van der Waals surface area contributed by atoms with Gasteiger partial charge in [-0.25, -0.2) is 4.98 Å². The predicted molar refractivity (Wildman–Crippen MR) is 60.8 cm³/mol. The van der Waals surface area contributed by atoms with E-state index >= 15 is 0 Å². The quantitative estimate of drug-likeness (QED) is 0.789. The highest BCUT2D eigenvalue weighted by molar-refractivity contribution is 7.15. The largest absolute Gasteiger partial charge is 0.391 e. The molecule has 0 fully saturated rings. The Balaban J connectivity index is 2.65. The highest BCUT2D eigenvalue weighted by Gasteiger charge is 2.08. The maximum absolute atomic E-state index is 8.94. The van der Waals surface area contributed by atoms with Crippen molar-refractivity contribution in [3.63, 3.8) is 0 Å². The molecule has 3 nitrogen and oxygen atoms in total. The summed E-state index contributed by atoms with van der Waals surface area (Å²) in [7, 11) is 0. The molecule has 0 spiro atoms. The van der Waals surface area contributed by atoms with Crippen LogP contribution in [0.3, 0.4) is 0 Å². The topological polar surface area (TPSA) is 36.4 Å². The van der Waals surface area contributed by atoms with E-state index in [2.05, 4.69) is 23.7 Å². The summed E-state index contributed by atoms with van der Waals surface area (Å²) in [5.74, 6) is 0. The van der Waals surface area contributed by atoms with Crippen molar-refractivity contribution in [3.05, 3.63) is 11.1 Å². The fraction of sp³-hybridized carbons (Fsp3) is 0.700. The van der Waals surface area contributed by atoms with Crippen molar-refractivity contribution in [2.75, 3.05) is 18.0 Å². The van der Waals surface area contributed by atoms with Gasteiger partial charge in [0.25, 0.3) is 0 Å². The molecule has 0 aromatic carbocycles. The van der Waals surface area contributed by atoms with Gasteiger partial charge in [-0.15, -0.1) is 0 Å². The lowest BCUT2D eigenvalue weighted by Crippen LogP contribution is -2.24. The third-order valence-corrected chi connectivity index (χ3v) is 3.00. The number of hydrogen-bond acceptors (Lipinski definition) is 4. The highest BCUT2D eigenvalue weighted by atomic mass is 32.1. The lowest BCUT2D eigenvalue weighted by molar-refractivity contribution is 0.285. The standard InChI is InChI=1S/C10H18N2OS/c1-3-5-12(6-4-2)10-11-7-9(8-13)14-10/h7,13H,3-6,8H2,1-2H3. The molecule has 0 saturated heterocycles. The molecule has 0 unspecified atom stereocenters. The van der Waals surface area contributed by atoms with Gasteiger partial charge in [0.2, 0.25) is 0 Å². The van der Waals surface area contributed by atoms with Gasteiger partial charge in [-0.05, 0) is 12.8 Å². The summed E-state index contributed by atoms with van der Waals surface area (Å²) in [6, 6.07) is 0. The predicted octanol–water partition coefficient (Wildman–Crippen LogP) is 2.26. The van der Waals surface area contributed by atoms with E-state index in [1.54, 1.807) is 17.5 Å². The summed E-state index contributed by atoms with van der Waals surface area (Å²) in [6.45, 7) is 6.54. The van der Waals surface area contributed by atoms with E-state index in [9.17, 15) is 0 Å². The van der Waals surface area contributed by atoms with Crippen LogP contribution in [0.4, 0.5) is 5.13 Å². The SMILES string of the molecule is CCCN(CCC)c1ncc(CO)s1. The normalized spacial score (nSPS) is 10.5. The van der Waals surface area contributed by atoms with Crippen molar-refractivity contribution in [1.29, 1.82) is 0 Å². The number of aliphatic hydroxyl groups excluding tert-OH is 1. The molecule has 0 aliphatic rings. The van der Waals surface area contributed by atoms with Crippen molar-refractivity contribution in [2.45, 2.75) is 33.3 Å². The first-order chi connectivity index (χ1) is 6.81. The summed E-state index contributed by atoms with van der Waals surface area (Å²) >= 11 is 1.59. The fourth-order valence-electron chi connectivity index (χ4n) is 1.36. The Kier molecular flexibility index (Phi) is 4.90. The molecular weight excluding hydrogens is 196 g/mol. The molecule has 0 aliphatic carbocycles. The summed E-state index contributed by atoms with van der Waals surface area (Å²) in [4.78, 5) is 7.53. The van der Waals surface area contributed by atoms with Crippen LogP contribution in [0.25, 0.3) is 0 Å². The monoisotopic (exact) mass is 214 g/mol. The number of aromatic nitrogens is 1. The van der Waals surface area contributed by atoms with Crippen LogP contribution in [0.15, 0.2) is 6.20 Å². The number of rotatable bonds is 6. The van der Waals surface area contributed by atoms with Crippen LogP contribution in [0.1, 0.15) is 31.6 Å². The van der Waals surface area contributed by atoms with Gasteiger partial charge in [0, 0.05) is 19.3 Å². The van der Waals surface area contributed by atoms with E-state index in [-0.39, 0.29) is 6.61 Å². The van der Waals surface area contributed by atoms with E-state index in [0.29, 0.717) is 0 Å². The minimum Gasteiger partial charge on any atom is -0.391 e. The number of thiazole rings is 1. The highest BCUT2D eigenvalue weighted by Crippen LogP contribution is 2.22.